The minimum Gasteiger partial charge on any atom is -0.379 e. The lowest BCUT2D eigenvalue weighted by molar-refractivity contribution is 0.0260. The van der Waals surface area contributed by atoms with Gasteiger partial charge in [-0.1, -0.05) is 19.1 Å². The van der Waals surface area contributed by atoms with Crippen LogP contribution in [0, 0.1) is 5.92 Å². The molecule has 2 aliphatic rings. The number of nitrogens with zero attached hydrogens (tertiary/aromatic N) is 2. The van der Waals surface area contributed by atoms with E-state index in [0.717, 1.165) is 70.9 Å². The predicted molar refractivity (Wildman–Crippen MR) is 96.4 cm³/mol. The van der Waals surface area contributed by atoms with Crippen LogP contribution in [0.25, 0.3) is 0 Å². The van der Waals surface area contributed by atoms with E-state index in [9.17, 15) is 4.79 Å². The van der Waals surface area contributed by atoms with Crippen LogP contribution in [-0.2, 0) is 11.2 Å². The average Bonchev–Trinajstić information content (AvgIpc) is 2.64. The zero-order valence-corrected chi connectivity index (χ0v) is 14.7. The molecule has 2 heterocycles. The van der Waals surface area contributed by atoms with Gasteiger partial charge in [-0.15, -0.1) is 0 Å². The maximum atomic E-state index is 12.4. The highest BCUT2D eigenvalue weighted by Gasteiger charge is 2.24. The van der Waals surface area contributed by atoms with Crippen LogP contribution in [0.15, 0.2) is 24.3 Å². The zero-order chi connectivity index (χ0) is 16.8. The topological polar surface area (TPSA) is 44.8 Å². The van der Waals surface area contributed by atoms with Gasteiger partial charge in [0.1, 0.15) is 0 Å². The van der Waals surface area contributed by atoms with E-state index in [1.807, 2.05) is 17.0 Å². The van der Waals surface area contributed by atoms with E-state index in [1.54, 1.807) is 0 Å². The molecule has 0 unspecified atom stereocenters. The van der Waals surface area contributed by atoms with Crippen LogP contribution in [0.4, 0.5) is 10.5 Å². The number of aryl methyl sites for hydroxylation is 1. The number of anilines is 1. The Morgan fingerprint density at radius 3 is 2.42 bits per heavy atom. The minimum atomic E-state index is 0.0315. The number of urea groups is 1. The fourth-order valence-corrected chi connectivity index (χ4v) is 3.49. The molecule has 1 N–H and O–H groups in total. The highest BCUT2D eigenvalue weighted by molar-refractivity contribution is 5.89. The Morgan fingerprint density at radius 2 is 1.79 bits per heavy atom. The molecule has 2 amide bonds. The number of nitrogens with one attached hydrogen (secondary N) is 1. The van der Waals surface area contributed by atoms with Crippen molar-refractivity contribution in [1.29, 1.82) is 0 Å². The average molecular weight is 331 g/mol. The monoisotopic (exact) mass is 331 g/mol. The Bertz CT molecular complexity index is 518. The number of amides is 2. The van der Waals surface area contributed by atoms with Gasteiger partial charge in [-0.2, -0.15) is 0 Å². The van der Waals surface area contributed by atoms with Crippen molar-refractivity contribution in [1.82, 2.24) is 9.80 Å². The zero-order valence-electron chi connectivity index (χ0n) is 14.7. The molecule has 24 heavy (non-hydrogen) atoms. The van der Waals surface area contributed by atoms with Crippen LogP contribution in [0.2, 0.25) is 0 Å². The number of rotatable bonds is 4. The van der Waals surface area contributed by atoms with Gasteiger partial charge in [-0.25, -0.2) is 4.79 Å². The van der Waals surface area contributed by atoms with Gasteiger partial charge in [-0.3, -0.25) is 4.90 Å². The molecular formula is C19H29N3O2. The second-order valence-electron chi connectivity index (χ2n) is 6.82. The Balaban J connectivity index is 1.42. The molecule has 0 spiro atoms. The third-order valence-corrected chi connectivity index (χ3v) is 5.14. The van der Waals surface area contributed by atoms with Gasteiger partial charge < -0.3 is 15.0 Å². The number of piperidine rings is 1. The van der Waals surface area contributed by atoms with Crippen LogP contribution in [-0.4, -0.2) is 61.8 Å². The van der Waals surface area contributed by atoms with Gasteiger partial charge in [0, 0.05) is 38.4 Å². The SMILES string of the molecule is CCc1ccc(NC(=O)N2CCC(CN3CCOCC3)CC2)cc1. The third kappa shape index (κ3) is 4.71. The molecule has 2 aliphatic heterocycles. The maximum Gasteiger partial charge on any atom is 0.321 e. The molecule has 2 saturated heterocycles. The fraction of sp³-hybridized carbons (Fsp3) is 0.632. The summed E-state index contributed by atoms with van der Waals surface area (Å²) in [7, 11) is 0. The summed E-state index contributed by atoms with van der Waals surface area (Å²) in [5.41, 5.74) is 2.17. The number of hydrogen-bond acceptors (Lipinski definition) is 3. The second kappa shape index (κ2) is 8.49. The number of likely N-dealkylation sites (tertiary alicyclic amines) is 1. The molecular weight excluding hydrogens is 302 g/mol. The molecule has 0 saturated carbocycles. The van der Waals surface area contributed by atoms with Gasteiger partial charge in [0.05, 0.1) is 13.2 Å². The number of carbonyl (C=O) groups excluding carboxylic acids is 1. The largest absolute Gasteiger partial charge is 0.379 e. The van der Waals surface area contributed by atoms with Crippen molar-refractivity contribution in [3.63, 3.8) is 0 Å². The molecule has 3 rings (SSSR count). The first-order chi connectivity index (χ1) is 11.7. The van der Waals surface area contributed by atoms with Crippen molar-refractivity contribution in [2.45, 2.75) is 26.2 Å². The number of ether oxygens (including phenoxy) is 1. The molecule has 2 fully saturated rings. The van der Waals surface area contributed by atoms with Crippen LogP contribution in [0.5, 0.6) is 0 Å². The van der Waals surface area contributed by atoms with E-state index >= 15 is 0 Å². The Hall–Kier alpha value is -1.59. The lowest BCUT2D eigenvalue weighted by atomic mass is 9.96. The number of morpholine rings is 1. The van der Waals surface area contributed by atoms with E-state index in [2.05, 4.69) is 29.3 Å². The Kier molecular flexibility index (Phi) is 6.10. The first-order valence-corrected chi connectivity index (χ1v) is 9.19. The second-order valence-corrected chi connectivity index (χ2v) is 6.82. The van der Waals surface area contributed by atoms with Crippen molar-refractivity contribution in [2.75, 3.05) is 51.3 Å². The lowest BCUT2D eigenvalue weighted by Crippen LogP contribution is -2.45. The molecule has 5 heteroatoms. The number of carbonyl (C=O) groups is 1. The number of hydrogen-bond donors (Lipinski definition) is 1. The predicted octanol–water partition coefficient (Wildman–Crippen LogP) is 2.83. The van der Waals surface area contributed by atoms with Gasteiger partial charge in [-0.05, 0) is 42.9 Å². The van der Waals surface area contributed by atoms with E-state index in [0.29, 0.717) is 5.92 Å². The summed E-state index contributed by atoms with van der Waals surface area (Å²) in [6.07, 6.45) is 3.21. The van der Waals surface area contributed by atoms with Crippen molar-refractivity contribution < 1.29 is 9.53 Å². The normalized spacial score (nSPS) is 20.1. The maximum absolute atomic E-state index is 12.4. The molecule has 5 nitrogen and oxygen atoms in total. The smallest absolute Gasteiger partial charge is 0.321 e. The fourth-order valence-electron chi connectivity index (χ4n) is 3.49. The van der Waals surface area contributed by atoms with Crippen LogP contribution < -0.4 is 5.32 Å². The minimum absolute atomic E-state index is 0.0315. The molecule has 132 valence electrons. The first kappa shape index (κ1) is 17.2. The summed E-state index contributed by atoms with van der Waals surface area (Å²) in [5.74, 6) is 0.705. The first-order valence-electron chi connectivity index (χ1n) is 9.19. The summed E-state index contributed by atoms with van der Waals surface area (Å²) in [4.78, 5) is 16.9. The molecule has 0 radical (unpaired) electrons. The quantitative estimate of drug-likeness (QED) is 0.923. The highest BCUT2D eigenvalue weighted by atomic mass is 16.5. The molecule has 0 aromatic heterocycles. The van der Waals surface area contributed by atoms with Crippen LogP contribution in [0.1, 0.15) is 25.3 Å². The van der Waals surface area contributed by atoms with E-state index < -0.39 is 0 Å². The molecule has 0 atom stereocenters. The molecule has 0 bridgehead atoms. The number of benzene rings is 1. The third-order valence-electron chi connectivity index (χ3n) is 5.14. The summed E-state index contributed by atoms with van der Waals surface area (Å²) < 4.78 is 5.41. The summed E-state index contributed by atoms with van der Waals surface area (Å²) >= 11 is 0. The summed E-state index contributed by atoms with van der Waals surface area (Å²) in [5, 5.41) is 3.02. The van der Waals surface area contributed by atoms with Crippen molar-refractivity contribution >= 4 is 11.7 Å². The molecule has 1 aromatic carbocycles. The summed E-state index contributed by atoms with van der Waals surface area (Å²) in [6, 6.07) is 8.15. The summed E-state index contributed by atoms with van der Waals surface area (Å²) in [6.45, 7) is 8.81. The van der Waals surface area contributed by atoms with E-state index in [1.165, 1.54) is 5.56 Å². The van der Waals surface area contributed by atoms with Crippen LogP contribution >= 0.6 is 0 Å². The van der Waals surface area contributed by atoms with E-state index in [-0.39, 0.29) is 6.03 Å². The molecule has 0 aliphatic carbocycles. The van der Waals surface area contributed by atoms with E-state index in [4.69, 9.17) is 4.74 Å². The van der Waals surface area contributed by atoms with Gasteiger partial charge in [0.2, 0.25) is 0 Å². The van der Waals surface area contributed by atoms with Gasteiger partial charge in [0.25, 0.3) is 0 Å². The highest BCUT2D eigenvalue weighted by Crippen LogP contribution is 2.20. The van der Waals surface area contributed by atoms with Crippen molar-refractivity contribution in [3.05, 3.63) is 29.8 Å². The van der Waals surface area contributed by atoms with Crippen molar-refractivity contribution in [3.8, 4) is 0 Å². The lowest BCUT2D eigenvalue weighted by Gasteiger charge is -2.36. The van der Waals surface area contributed by atoms with Crippen molar-refractivity contribution in [2.24, 2.45) is 5.92 Å². The Labute approximate surface area is 145 Å². The standard InChI is InChI=1S/C19H29N3O2/c1-2-16-3-5-18(6-4-16)20-19(23)22-9-7-17(8-10-22)15-21-11-13-24-14-12-21/h3-6,17H,2,7-15H2,1H3,(H,20,23). The molecule has 1 aromatic rings. The van der Waals surface area contributed by atoms with Crippen LogP contribution in [0.3, 0.4) is 0 Å². The Morgan fingerprint density at radius 1 is 1.12 bits per heavy atom. The van der Waals surface area contributed by atoms with Gasteiger partial charge in [0.15, 0.2) is 0 Å². The van der Waals surface area contributed by atoms with Gasteiger partial charge >= 0.3 is 6.03 Å².